The first kappa shape index (κ1) is 15.5. The number of aromatic nitrogens is 2. The lowest BCUT2D eigenvalue weighted by molar-refractivity contribution is 0.0651. The topological polar surface area (TPSA) is 48.3 Å². The first-order valence-corrected chi connectivity index (χ1v) is 7.55. The smallest absolute Gasteiger partial charge is 0.0701 e. The van der Waals surface area contributed by atoms with Crippen LogP contribution in [0.3, 0.4) is 0 Å². The highest BCUT2D eigenvalue weighted by molar-refractivity contribution is 5.24. The summed E-state index contributed by atoms with van der Waals surface area (Å²) in [6.07, 6.45) is 3.75. The maximum atomic E-state index is 5.50. The van der Waals surface area contributed by atoms with E-state index in [-0.39, 0.29) is 0 Å². The third-order valence-corrected chi connectivity index (χ3v) is 3.80. The minimum Gasteiger partial charge on any atom is -0.382 e. The molecular formula is C15H27N3O2. The van der Waals surface area contributed by atoms with Gasteiger partial charge in [-0.1, -0.05) is 0 Å². The Balaban J connectivity index is 1.77. The summed E-state index contributed by atoms with van der Waals surface area (Å²) in [5.41, 5.74) is 3.81. The summed E-state index contributed by atoms with van der Waals surface area (Å²) in [5.74, 6) is 0. The van der Waals surface area contributed by atoms with Crippen LogP contribution in [0.2, 0.25) is 0 Å². The zero-order chi connectivity index (χ0) is 14.4. The Bertz CT molecular complexity index is 413. The largest absolute Gasteiger partial charge is 0.382 e. The van der Waals surface area contributed by atoms with Gasteiger partial charge in [-0.05, 0) is 45.2 Å². The van der Waals surface area contributed by atoms with Gasteiger partial charge in [-0.25, -0.2) is 0 Å². The van der Waals surface area contributed by atoms with Crippen LogP contribution in [0, 0.1) is 13.8 Å². The van der Waals surface area contributed by atoms with E-state index >= 15 is 0 Å². The molecule has 0 unspecified atom stereocenters. The number of rotatable bonds is 10. The van der Waals surface area contributed by atoms with Gasteiger partial charge >= 0.3 is 0 Å². The van der Waals surface area contributed by atoms with Gasteiger partial charge in [-0.15, -0.1) is 0 Å². The number of hydrogen-bond donors (Lipinski definition) is 1. The Morgan fingerprint density at radius 3 is 2.75 bits per heavy atom. The van der Waals surface area contributed by atoms with Crippen molar-refractivity contribution >= 4 is 0 Å². The van der Waals surface area contributed by atoms with Crippen molar-refractivity contribution in [2.24, 2.45) is 0 Å². The second-order valence-electron chi connectivity index (χ2n) is 5.46. The minimum absolute atomic E-state index is 0.647. The van der Waals surface area contributed by atoms with Crippen LogP contribution >= 0.6 is 0 Å². The zero-order valence-corrected chi connectivity index (χ0v) is 12.9. The third-order valence-electron chi connectivity index (χ3n) is 3.80. The van der Waals surface area contributed by atoms with Crippen molar-refractivity contribution in [1.82, 2.24) is 15.1 Å². The summed E-state index contributed by atoms with van der Waals surface area (Å²) in [5, 5.41) is 8.18. The fourth-order valence-electron chi connectivity index (χ4n) is 2.40. The molecule has 0 atom stereocenters. The van der Waals surface area contributed by atoms with E-state index in [0.717, 1.165) is 31.2 Å². The van der Waals surface area contributed by atoms with E-state index in [2.05, 4.69) is 28.9 Å². The van der Waals surface area contributed by atoms with Crippen molar-refractivity contribution in [3.8, 4) is 0 Å². The Morgan fingerprint density at radius 1 is 1.25 bits per heavy atom. The van der Waals surface area contributed by atoms with Crippen LogP contribution in [0.1, 0.15) is 29.8 Å². The van der Waals surface area contributed by atoms with E-state index in [1.807, 2.05) is 0 Å². The maximum Gasteiger partial charge on any atom is 0.0701 e. The van der Waals surface area contributed by atoms with Crippen LogP contribution in [0.4, 0.5) is 0 Å². The lowest BCUT2D eigenvalue weighted by atomic mass is 10.1. The maximum absolute atomic E-state index is 5.50. The summed E-state index contributed by atoms with van der Waals surface area (Å²) < 4.78 is 12.5. The molecule has 1 aliphatic rings. The number of hydrogen-bond acceptors (Lipinski definition) is 4. The van der Waals surface area contributed by atoms with Gasteiger partial charge in [-0.2, -0.15) is 5.10 Å². The molecule has 1 N–H and O–H groups in total. The average molecular weight is 281 g/mol. The molecule has 1 fully saturated rings. The van der Waals surface area contributed by atoms with Gasteiger partial charge in [0.15, 0.2) is 0 Å². The van der Waals surface area contributed by atoms with E-state index in [4.69, 9.17) is 9.47 Å². The van der Waals surface area contributed by atoms with Gasteiger partial charge in [-0.3, -0.25) is 4.68 Å². The van der Waals surface area contributed by atoms with Gasteiger partial charge in [0.2, 0.25) is 0 Å². The summed E-state index contributed by atoms with van der Waals surface area (Å²) in [7, 11) is 1.69. The standard InChI is InChI=1S/C15H27N3O2/c1-12-15(6-7-16-14-4-5-14)13(2)18(17-12)8-9-20-11-10-19-3/h14,16H,4-11H2,1-3H3. The molecule has 0 aromatic carbocycles. The SMILES string of the molecule is COCCOCCn1nc(C)c(CCNC2CC2)c1C. The quantitative estimate of drug-likeness (QED) is 0.660. The van der Waals surface area contributed by atoms with Crippen molar-refractivity contribution in [2.75, 3.05) is 33.5 Å². The van der Waals surface area contributed by atoms with Crippen LogP contribution < -0.4 is 5.32 Å². The molecule has 0 bridgehead atoms. The van der Waals surface area contributed by atoms with Crippen molar-refractivity contribution in [2.45, 2.75) is 45.7 Å². The van der Waals surface area contributed by atoms with Gasteiger partial charge in [0.05, 0.1) is 32.1 Å². The molecule has 2 rings (SSSR count). The fraction of sp³-hybridized carbons (Fsp3) is 0.800. The van der Waals surface area contributed by atoms with E-state index in [0.29, 0.717) is 19.8 Å². The first-order valence-electron chi connectivity index (χ1n) is 7.55. The van der Waals surface area contributed by atoms with Crippen LogP contribution in [0.5, 0.6) is 0 Å². The Hall–Kier alpha value is -0.910. The van der Waals surface area contributed by atoms with Crippen LogP contribution in [0.25, 0.3) is 0 Å². The van der Waals surface area contributed by atoms with E-state index in [1.54, 1.807) is 7.11 Å². The number of methoxy groups -OCH3 is 1. The predicted octanol–water partition coefficient (Wildman–Crippen LogP) is 1.46. The molecule has 1 aliphatic carbocycles. The predicted molar refractivity (Wildman–Crippen MR) is 79.1 cm³/mol. The monoisotopic (exact) mass is 281 g/mol. The normalized spacial score (nSPS) is 14.9. The highest BCUT2D eigenvalue weighted by atomic mass is 16.5. The third kappa shape index (κ3) is 4.58. The fourth-order valence-corrected chi connectivity index (χ4v) is 2.40. The number of aryl methyl sites for hydroxylation is 1. The summed E-state index contributed by atoms with van der Waals surface area (Å²) in [6, 6.07) is 0.778. The molecule has 1 saturated carbocycles. The Kier molecular flexibility index (Phi) is 6.01. The number of ether oxygens (including phenoxy) is 2. The van der Waals surface area contributed by atoms with Crippen LogP contribution in [-0.2, 0) is 22.4 Å². The van der Waals surface area contributed by atoms with Crippen molar-refractivity contribution in [3.63, 3.8) is 0 Å². The molecule has 1 aromatic heterocycles. The van der Waals surface area contributed by atoms with Gasteiger partial charge < -0.3 is 14.8 Å². The molecule has 5 nitrogen and oxygen atoms in total. The number of nitrogens with one attached hydrogen (secondary N) is 1. The second kappa shape index (κ2) is 7.76. The molecule has 0 aliphatic heterocycles. The Morgan fingerprint density at radius 2 is 2.05 bits per heavy atom. The second-order valence-corrected chi connectivity index (χ2v) is 5.46. The molecule has 0 amide bonds. The molecule has 1 aromatic rings. The van der Waals surface area contributed by atoms with Crippen LogP contribution in [0.15, 0.2) is 0 Å². The molecule has 0 saturated heterocycles. The number of nitrogens with zero attached hydrogens (tertiary/aromatic N) is 2. The van der Waals surface area contributed by atoms with E-state index in [1.165, 1.54) is 24.1 Å². The molecular weight excluding hydrogens is 254 g/mol. The molecule has 1 heterocycles. The van der Waals surface area contributed by atoms with E-state index < -0.39 is 0 Å². The van der Waals surface area contributed by atoms with Gasteiger partial charge in [0, 0.05) is 18.8 Å². The molecule has 0 spiro atoms. The zero-order valence-electron chi connectivity index (χ0n) is 12.9. The van der Waals surface area contributed by atoms with Crippen molar-refractivity contribution in [3.05, 3.63) is 17.0 Å². The minimum atomic E-state index is 0.647. The molecule has 20 heavy (non-hydrogen) atoms. The van der Waals surface area contributed by atoms with Crippen molar-refractivity contribution < 1.29 is 9.47 Å². The average Bonchev–Trinajstić information content (AvgIpc) is 3.21. The summed E-state index contributed by atoms with van der Waals surface area (Å²) in [4.78, 5) is 0. The summed E-state index contributed by atoms with van der Waals surface area (Å²) in [6.45, 7) is 8.10. The molecule has 5 heteroatoms. The van der Waals surface area contributed by atoms with Gasteiger partial charge in [0.1, 0.15) is 0 Å². The molecule has 114 valence electrons. The van der Waals surface area contributed by atoms with Crippen molar-refractivity contribution in [1.29, 1.82) is 0 Å². The lowest BCUT2D eigenvalue weighted by Crippen LogP contribution is -2.19. The summed E-state index contributed by atoms with van der Waals surface area (Å²) >= 11 is 0. The first-order chi connectivity index (χ1) is 9.72. The van der Waals surface area contributed by atoms with Gasteiger partial charge in [0.25, 0.3) is 0 Å². The molecule has 0 radical (unpaired) electrons. The Labute approximate surface area is 121 Å². The lowest BCUT2D eigenvalue weighted by Gasteiger charge is -2.07. The van der Waals surface area contributed by atoms with E-state index in [9.17, 15) is 0 Å². The highest BCUT2D eigenvalue weighted by Gasteiger charge is 2.20. The highest BCUT2D eigenvalue weighted by Crippen LogP contribution is 2.19. The van der Waals surface area contributed by atoms with Crippen LogP contribution in [-0.4, -0.2) is 49.3 Å².